The first-order chi connectivity index (χ1) is 12.8. The number of nitrogens with one attached hydrogen (secondary N) is 2. The molecule has 1 saturated carbocycles. The van der Waals surface area contributed by atoms with Gasteiger partial charge in [0.15, 0.2) is 0 Å². The van der Waals surface area contributed by atoms with Gasteiger partial charge in [-0.05, 0) is 49.8 Å². The minimum Gasteiger partial charge on any atom is -0.373 e. The van der Waals surface area contributed by atoms with Crippen molar-refractivity contribution in [3.8, 4) is 0 Å². The van der Waals surface area contributed by atoms with E-state index in [0.29, 0.717) is 6.54 Å². The molecule has 6 N–H and O–H groups in total. The minimum atomic E-state index is -0.983. The third kappa shape index (κ3) is 3.42. The Hall–Kier alpha value is -2.09. The number of benzene rings is 1. The molecule has 4 rings (SSSR count). The molecule has 1 aromatic heterocycles. The monoisotopic (exact) mass is 384 g/mol. The largest absolute Gasteiger partial charge is 0.373 e. The van der Waals surface area contributed by atoms with E-state index in [4.69, 9.17) is 16.5 Å². The van der Waals surface area contributed by atoms with Crippen molar-refractivity contribution in [2.45, 2.75) is 38.0 Å². The van der Waals surface area contributed by atoms with E-state index < -0.39 is 5.79 Å². The number of rotatable bonds is 5. The van der Waals surface area contributed by atoms with Gasteiger partial charge in [0.2, 0.25) is 5.79 Å². The van der Waals surface area contributed by atoms with Crippen molar-refractivity contribution in [3.05, 3.63) is 46.3 Å². The molecule has 0 radical (unpaired) electrons. The number of thiophene rings is 1. The quantitative estimate of drug-likeness (QED) is 0.636. The van der Waals surface area contributed by atoms with Crippen LogP contribution in [-0.2, 0) is 5.79 Å². The second-order valence-electron chi connectivity index (χ2n) is 7.92. The number of amidine groups is 1. The Balaban J connectivity index is 1.68. The summed E-state index contributed by atoms with van der Waals surface area (Å²) in [6.45, 7) is 5.79. The lowest BCUT2D eigenvalue weighted by molar-refractivity contribution is 0.529. The topological polar surface area (TPSA) is 91.7 Å². The van der Waals surface area contributed by atoms with Crippen LogP contribution in [0.4, 0.5) is 10.7 Å². The molecule has 27 heavy (non-hydrogen) atoms. The van der Waals surface area contributed by atoms with Crippen LogP contribution in [0.2, 0.25) is 0 Å². The van der Waals surface area contributed by atoms with Crippen LogP contribution < -0.4 is 27.0 Å². The average molecular weight is 385 g/mol. The van der Waals surface area contributed by atoms with E-state index in [-0.39, 0.29) is 5.54 Å². The normalized spacial score (nSPS) is 22.5. The molecule has 2 aliphatic rings. The van der Waals surface area contributed by atoms with Crippen molar-refractivity contribution < 1.29 is 0 Å². The Labute approximate surface area is 164 Å². The molecule has 1 aliphatic carbocycles. The number of aryl methyl sites for hydroxylation is 1. The maximum Gasteiger partial charge on any atom is 0.212 e. The van der Waals surface area contributed by atoms with Crippen LogP contribution in [0.25, 0.3) is 0 Å². The fourth-order valence-corrected chi connectivity index (χ4v) is 4.38. The van der Waals surface area contributed by atoms with Crippen molar-refractivity contribution in [1.82, 2.24) is 5.32 Å². The van der Waals surface area contributed by atoms with Gasteiger partial charge in [0.05, 0.1) is 5.56 Å². The van der Waals surface area contributed by atoms with E-state index in [2.05, 4.69) is 46.9 Å². The zero-order chi connectivity index (χ0) is 19.2. The fourth-order valence-electron chi connectivity index (χ4n) is 3.38. The van der Waals surface area contributed by atoms with Crippen LogP contribution in [0, 0.1) is 6.92 Å². The Kier molecular flexibility index (Phi) is 4.41. The number of hydrogen-bond acceptors (Lipinski definition) is 7. The summed E-state index contributed by atoms with van der Waals surface area (Å²) in [5.41, 5.74) is 17.0. The van der Waals surface area contributed by atoms with E-state index in [1.165, 1.54) is 5.56 Å². The molecule has 0 spiro atoms. The van der Waals surface area contributed by atoms with Crippen LogP contribution in [-0.4, -0.2) is 31.5 Å². The third-order valence-corrected chi connectivity index (χ3v) is 6.45. The highest BCUT2D eigenvalue weighted by atomic mass is 32.1. The summed E-state index contributed by atoms with van der Waals surface area (Å²) in [7, 11) is 2.04. The SMILES string of the molecule is Cc1csc2c1C(NC1(C)CC1)=NC(N)(c1ccc(N(C)CCN)cc1)N2. The fraction of sp³-hybridized carbons (Fsp3) is 0.450. The lowest BCUT2D eigenvalue weighted by atomic mass is 10.0. The molecular formula is C20H28N6S. The molecule has 1 fully saturated rings. The Morgan fingerprint density at radius 2 is 2.00 bits per heavy atom. The van der Waals surface area contributed by atoms with Crippen LogP contribution in [0.3, 0.4) is 0 Å². The van der Waals surface area contributed by atoms with Crippen LogP contribution in [0.15, 0.2) is 34.6 Å². The number of likely N-dealkylation sites (N-methyl/N-ethyl adjacent to an activating group) is 1. The zero-order valence-corrected chi connectivity index (χ0v) is 17.0. The molecule has 1 unspecified atom stereocenters. The summed E-state index contributed by atoms with van der Waals surface area (Å²) in [5.74, 6) is -0.0858. The summed E-state index contributed by atoms with van der Waals surface area (Å²) >= 11 is 1.68. The molecule has 0 saturated heterocycles. The average Bonchev–Trinajstić information content (AvgIpc) is 3.24. The van der Waals surface area contributed by atoms with Gasteiger partial charge >= 0.3 is 0 Å². The summed E-state index contributed by atoms with van der Waals surface area (Å²) in [5, 5.41) is 10.3. The molecule has 0 bridgehead atoms. The van der Waals surface area contributed by atoms with E-state index in [1.54, 1.807) is 11.3 Å². The van der Waals surface area contributed by atoms with E-state index in [0.717, 1.165) is 47.0 Å². The first-order valence-corrected chi connectivity index (χ1v) is 10.3. The molecular weight excluding hydrogens is 356 g/mol. The van der Waals surface area contributed by atoms with Gasteiger partial charge in [0.25, 0.3) is 0 Å². The highest BCUT2D eigenvalue weighted by molar-refractivity contribution is 7.14. The molecule has 1 atom stereocenters. The molecule has 0 amide bonds. The van der Waals surface area contributed by atoms with Gasteiger partial charge in [-0.15, -0.1) is 11.3 Å². The van der Waals surface area contributed by atoms with Crippen molar-refractivity contribution in [1.29, 1.82) is 0 Å². The maximum atomic E-state index is 6.75. The predicted octanol–water partition coefficient (Wildman–Crippen LogP) is 2.53. The third-order valence-electron chi connectivity index (χ3n) is 5.44. The number of hydrogen-bond donors (Lipinski definition) is 4. The van der Waals surface area contributed by atoms with Gasteiger partial charge < -0.3 is 21.3 Å². The molecule has 2 aromatic rings. The summed E-state index contributed by atoms with van der Waals surface area (Å²) in [4.78, 5) is 7.07. The number of anilines is 2. The molecule has 144 valence electrons. The first-order valence-electron chi connectivity index (χ1n) is 9.39. The minimum absolute atomic E-state index is 0.136. The Morgan fingerprint density at radius 1 is 1.30 bits per heavy atom. The summed E-state index contributed by atoms with van der Waals surface area (Å²) < 4.78 is 0. The highest BCUT2D eigenvalue weighted by Crippen LogP contribution is 2.40. The van der Waals surface area contributed by atoms with Crippen LogP contribution >= 0.6 is 11.3 Å². The van der Waals surface area contributed by atoms with Gasteiger partial charge in [-0.2, -0.15) is 0 Å². The molecule has 2 heterocycles. The van der Waals surface area contributed by atoms with Crippen LogP contribution in [0.1, 0.15) is 36.5 Å². The van der Waals surface area contributed by atoms with Gasteiger partial charge in [-0.3, -0.25) is 5.73 Å². The van der Waals surface area contributed by atoms with Gasteiger partial charge in [0.1, 0.15) is 10.8 Å². The van der Waals surface area contributed by atoms with Gasteiger partial charge in [-0.1, -0.05) is 12.1 Å². The molecule has 6 nitrogen and oxygen atoms in total. The summed E-state index contributed by atoms with van der Waals surface area (Å²) in [6.07, 6.45) is 2.33. The van der Waals surface area contributed by atoms with Gasteiger partial charge in [-0.25, -0.2) is 4.99 Å². The second kappa shape index (κ2) is 6.51. The van der Waals surface area contributed by atoms with Crippen molar-refractivity contribution >= 4 is 27.9 Å². The first kappa shape index (κ1) is 18.3. The van der Waals surface area contributed by atoms with E-state index in [9.17, 15) is 0 Å². The Morgan fingerprint density at radius 3 is 2.63 bits per heavy atom. The standard InChI is InChI=1S/C20H28N6S/c1-13-12-27-18-16(13)17(23-19(2)8-9-19)24-20(22,25-18)14-4-6-15(7-5-14)26(3)11-10-21/h4-7,12,25H,8-11,21-22H2,1-3H3,(H,23,24). The smallest absolute Gasteiger partial charge is 0.212 e. The van der Waals surface area contributed by atoms with Crippen LogP contribution in [0.5, 0.6) is 0 Å². The number of fused-ring (bicyclic) bond motifs is 1. The van der Waals surface area contributed by atoms with E-state index >= 15 is 0 Å². The van der Waals surface area contributed by atoms with Crippen molar-refractivity contribution in [3.63, 3.8) is 0 Å². The van der Waals surface area contributed by atoms with Gasteiger partial charge in [0, 0.05) is 36.9 Å². The Bertz CT molecular complexity index is 867. The maximum absolute atomic E-state index is 6.75. The lowest BCUT2D eigenvalue weighted by Gasteiger charge is -2.34. The highest BCUT2D eigenvalue weighted by Gasteiger charge is 2.42. The van der Waals surface area contributed by atoms with Crippen molar-refractivity contribution in [2.75, 3.05) is 30.4 Å². The predicted molar refractivity (Wildman–Crippen MR) is 115 cm³/mol. The number of aliphatic imine (C=N–C) groups is 1. The van der Waals surface area contributed by atoms with Crippen molar-refractivity contribution in [2.24, 2.45) is 16.5 Å². The molecule has 1 aliphatic heterocycles. The number of nitrogens with two attached hydrogens (primary N) is 2. The summed E-state index contributed by atoms with van der Waals surface area (Å²) in [6, 6.07) is 8.23. The number of nitrogens with zero attached hydrogens (tertiary/aromatic N) is 2. The molecule has 1 aromatic carbocycles. The van der Waals surface area contributed by atoms with E-state index in [1.807, 2.05) is 19.2 Å². The lowest BCUT2D eigenvalue weighted by Crippen LogP contribution is -2.49. The molecule has 7 heteroatoms. The zero-order valence-electron chi connectivity index (χ0n) is 16.2. The second-order valence-corrected chi connectivity index (χ2v) is 8.80.